The number of hydrogen-bond acceptors (Lipinski definition) is 5. The summed E-state index contributed by atoms with van der Waals surface area (Å²) >= 11 is 0. The van der Waals surface area contributed by atoms with E-state index in [2.05, 4.69) is 11.3 Å². The fourth-order valence-electron chi connectivity index (χ4n) is 1.25. The molecule has 106 valence electrons. The monoisotopic (exact) mass is 278 g/mol. The Morgan fingerprint density at radius 1 is 1.20 bits per heavy atom. The van der Waals surface area contributed by atoms with E-state index in [-0.39, 0.29) is 5.57 Å². The van der Waals surface area contributed by atoms with E-state index in [0.29, 0.717) is 5.75 Å². The lowest BCUT2D eigenvalue weighted by atomic mass is 10.2. The molecule has 0 amide bonds. The Labute approximate surface area is 115 Å². The summed E-state index contributed by atoms with van der Waals surface area (Å²) in [5, 5.41) is 8.47. The Balaban J connectivity index is 2.40. The molecule has 1 aromatic carbocycles. The summed E-state index contributed by atoms with van der Waals surface area (Å²) in [5.74, 6) is -2.56. The SMILES string of the molecule is C=C(CC(=O)O)C(=O)OCC(=O)Oc1ccc(C)cc1. The van der Waals surface area contributed by atoms with E-state index >= 15 is 0 Å². The number of esters is 2. The van der Waals surface area contributed by atoms with Gasteiger partial charge in [-0.1, -0.05) is 24.3 Å². The van der Waals surface area contributed by atoms with Gasteiger partial charge in [-0.15, -0.1) is 0 Å². The maximum absolute atomic E-state index is 11.4. The first kappa shape index (κ1) is 15.4. The fourth-order valence-corrected chi connectivity index (χ4v) is 1.25. The zero-order valence-corrected chi connectivity index (χ0v) is 10.9. The minimum Gasteiger partial charge on any atom is -0.481 e. The van der Waals surface area contributed by atoms with E-state index in [0.717, 1.165) is 5.56 Å². The minimum absolute atomic E-state index is 0.236. The molecule has 0 aliphatic heterocycles. The Morgan fingerprint density at radius 3 is 2.35 bits per heavy atom. The average molecular weight is 278 g/mol. The van der Waals surface area contributed by atoms with Crippen LogP contribution in [0.25, 0.3) is 0 Å². The first-order valence-corrected chi connectivity index (χ1v) is 5.72. The van der Waals surface area contributed by atoms with Gasteiger partial charge in [-0.05, 0) is 19.1 Å². The third-order valence-corrected chi connectivity index (χ3v) is 2.23. The molecular formula is C14H14O6. The van der Waals surface area contributed by atoms with Gasteiger partial charge in [0, 0.05) is 5.57 Å². The molecule has 6 nitrogen and oxygen atoms in total. The van der Waals surface area contributed by atoms with Gasteiger partial charge >= 0.3 is 17.9 Å². The molecule has 0 bridgehead atoms. The summed E-state index contributed by atoms with van der Waals surface area (Å²) in [4.78, 5) is 33.0. The smallest absolute Gasteiger partial charge is 0.349 e. The molecule has 0 unspecified atom stereocenters. The van der Waals surface area contributed by atoms with Crippen molar-refractivity contribution in [3.8, 4) is 5.75 Å². The lowest BCUT2D eigenvalue weighted by molar-refractivity contribution is -0.151. The van der Waals surface area contributed by atoms with Gasteiger partial charge in [0.15, 0.2) is 6.61 Å². The van der Waals surface area contributed by atoms with Crippen LogP contribution < -0.4 is 4.74 Å². The van der Waals surface area contributed by atoms with Crippen molar-refractivity contribution >= 4 is 17.9 Å². The molecule has 0 aromatic heterocycles. The maximum atomic E-state index is 11.4. The van der Waals surface area contributed by atoms with E-state index < -0.39 is 30.9 Å². The zero-order chi connectivity index (χ0) is 15.1. The molecule has 0 spiro atoms. The molecule has 6 heteroatoms. The fraction of sp³-hybridized carbons (Fsp3) is 0.214. The van der Waals surface area contributed by atoms with Crippen molar-refractivity contribution < 1.29 is 29.0 Å². The number of carboxylic acids is 1. The maximum Gasteiger partial charge on any atom is 0.349 e. The van der Waals surface area contributed by atoms with Crippen LogP contribution in [-0.2, 0) is 19.1 Å². The van der Waals surface area contributed by atoms with Crippen molar-refractivity contribution in [3.05, 3.63) is 42.0 Å². The molecule has 20 heavy (non-hydrogen) atoms. The third kappa shape index (κ3) is 5.34. The van der Waals surface area contributed by atoms with E-state index in [1.165, 1.54) is 0 Å². The van der Waals surface area contributed by atoms with Crippen LogP contribution in [0.3, 0.4) is 0 Å². The number of hydrogen-bond donors (Lipinski definition) is 1. The Morgan fingerprint density at radius 2 is 1.80 bits per heavy atom. The van der Waals surface area contributed by atoms with Crippen molar-refractivity contribution in [1.29, 1.82) is 0 Å². The highest BCUT2D eigenvalue weighted by Crippen LogP contribution is 2.11. The van der Waals surface area contributed by atoms with Crippen molar-refractivity contribution in [2.75, 3.05) is 6.61 Å². The van der Waals surface area contributed by atoms with Gasteiger partial charge < -0.3 is 14.6 Å². The van der Waals surface area contributed by atoms with Crippen LogP contribution in [0.4, 0.5) is 0 Å². The molecular weight excluding hydrogens is 264 g/mol. The highest BCUT2D eigenvalue weighted by Gasteiger charge is 2.14. The van der Waals surface area contributed by atoms with Gasteiger partial charge in [-0.3, -0.25) is 4.79 Å². The number of carbonyl (C=O) groups excluding carboxylic acids is 2. The van der Waals surface area contributed by atoms with Crippen molar-refractivity contribution in [1.82, 2.24) is 0 Å². The standard InChI is InChI=1S/C14H14O6/c1-9-3-5-11(6-4-9)20-13(17)8-19-14(18)10(2)7-12(15)16/h3-6H,2,7-8H2,1H3,(H,15,16). The molecule has 0 saturated carbocycles. The van der Waals surface area contributed by atoms with Crippen LogP contribution in [0, 0.1) is 6.92 Å². The molecule has 0 fully saturated rings. The molecule has 0 aliphatic carbocycles. The van der Waals surface area contributed by atoms with Crippen molar-refractivity contribution in [2.45, 2.75) is 13.3 Å². The normalized spacial score (nSPS) is 9.65. The Kier molecular flexibility index (Phi) is 5.46. The molecule has 1 aromatic rings. The molecule has 0 aliphatic rings. The second-order valence-electron chi connectivity index (χ2n) is 4.04. The van der Waals surface area contributed by atoms with Gasteiger partial charge in [0.25, 0.3) is 0 Å². The summed E-state index contributed by atoms with van der Waals surface area (Å²) in [6.45, 7) is 4.54. The number of carboxylic acid groups (broad SMARTS) is 1. The number of carbonyl (C=O) groups is 3. The largest absolute Gasteiger partial charge is 0.481 e. The van der Waals surface area contributed by atoms with Crippen LogP contribution >= 0.6 is 0 Å². The van der Waals surface area contributed by atoms with Crippen LogP contribution in [0.2, 0.25) is 0 Å². The van der Waals surface area contributed by atoms with Crippen LogP contribution in [0.1, 0.15) is 12.0 Å². The van der Waals surface area contributed by atoms with Gasteiger partial charge in [-0.25, -0.2) is 9.59 Å². The highest BCUT2D eigenvalue weighted by atomic mass is 16.6. The molecule has 0 heterocycles. The second kappa shape index (κ2) is 7.08. The van der Waals surface area contributed by atoms with Gasteiger partial charge in [0.2, 0.25) is 0 Å². The lowest BCUT2D eigenvalue weighted by Gasteiger charge is -2.06. The van der Waals surface area contributed by atoms with E-state index in [1.54, 1.807) is 24.3 Å². The number of ether oxygens (including phenoxy) is 2. The number of aliphatic carboxylic acids is 1. The topological polar surface area (TPSA) is 89.9 Å². The summed E-state index contributed by atoms with van der Waals surface area (Å²) in [6.07, 6.45) is -0.536. The van der Waals surface area contributed by atoms with Crippen molar-refractivity contribution in [3.63, 3.8) is 0 Å². The second-order valence-corrected chi connectivity index (χ2v) is 4.04. The minimum atomic E-state index is -1.20. The van der Waals surface area contributed by atoms with Crippen LogP contribution in [0.15, 0.2) is 36.4 Å². The number of rotatable bonds is 6. The lowest BCUT2D eigenvalue weighted by Crippen LogP contribution is -2.20. The highest BCUT2D eigenvalue weighted by molar-refractivity contribution is 5.93. The third-order valence-electron chi connectivity index (χ3n) is 2.23. The Hall–Kier alpha value is -2.63. The molecule has 1 rings (SSSR count). The molecule has 0 atom stereocenters. The average Bonchev–Trinajstić information content (AvgIpc) is 2.38. The van der Waals surface area contributed by atoms with Gasteiger partial charge in [-0.2, -0.15) is 0 Å². The number of aryl methyl sites for hydroxylation is 1. The number of benzene rings is 1. The molecule has 0 saturated heterocycles. The Bertz CT molecular complexity index is 529. The quantitative estimate of drug-likeness (QED) is 0.481. The summed E-state index contributed by atoms with van der Waals surface area (Å²) in [6, 6.07) is 6.75. The van der Waals surface area contributed by atoms with Crippen LogP contribution in [0.5, 0.6) is 5.75 Å². The summed E-state index contributed by atoms with van der Waals surface area (Å²) in [7, 11) is 0. The van der Waals surface area contributed by atoms with E-state index in [1.807, 2.05) is 6.92 Å². The van der Waals surface area contributed by atoms with E-state index in [9.17, 15) is 14.4 Å². The summed E-state index contributed by atoms with van der Waals surface area (Å²) in [5.41, 5.74) is 0.779. The zero-order valence-electron chi connectivity index (χ0n) is 10.9. The summed E-state index contributed by atoms with van der Waals surface area (Å²) < 4.78 is 9.50. The van der Waals surface area contributed by atoms with Crippen molar-refractivity contribution in [2.24, 2.45) is 0 Å². The molecule has 1 N–H and O–H groups in total. The predicted octanol–water partition coefficient (Wildman–Crippen LogP) is 1.47. The van der Waals surface area contributed by atoms with E-state index in [4.69, 9.17) is 9.84 Å². The first-order chi connectivity index (χ1) is 9.38. The first-order valence-electron chi connectivity index (χ1n) is 5.72. The van der Waals surface area contributed by atoms with Gasteiger partial charge in [0.1, 0.15) is 5.75 Å². The predicted molar refractivity (Wildman–Crippen MR) is 69.2 cm³/mol. The molecule has 0 radical (unpaired) electrons. The van der Waals surface area contributed by atoms with Gasteiger partial charge in [0.05, 0.1) is 6.42 Å². The van der Waals surface area contributed by atoms with Crippen LogP contribution in [-0.4, -0.2) is 29.6 Å².